The summed E-state index contributed by atoms with van der Waals surface area (Å²) in [5.74, 6) is 1.75. The van der Waals surface area contributed by atoms with E-state index in [2.05, 4.69) is 22.0 Å². The molecule has 0 bridgehead atoms. The lowest BCUT2D eigenvalue weighted by Gasteiger charge is -2.36. The molecule has 166 valence electrons. The average Bonchev–Trinajstić information content (AvgIpc) is 3.22. The molecule has 5 rings (SSSR count). The Labute approximate surface area is 183 Å². The van der Waals surface area contributed by atoms with Crippen molar-refractivity contribution in [2.45, 2.75) is 26.1 Å². The highest BCUT2D eigenvalue weighted by Crippen LogP contribution is 2.32. The Morgan fingerprint density at radius 2 is 1.69 bits per heavy atom. The molecule has 0 aliphatic carbocycles. The second kappa shape index (κ2) is 8.05. The first kappa shape index (κ1) is 20.7. The van der Waals surface area contributed by atoms with Crippen LogP contribution in [0, 0.1) is 0 Å². The summed E-state index contributed by atoms with van der Waals surface area (Å²) in [6.45, 7) is 5.44. The number of para-hydroxylation sites is 1. The fraction of sp³-hybridized carbons (Fsp3) is 0.348. The van der Waals surface area contributed by atoms with Crippen molar-refractivity contribution in [2.24, 2.45) is 0 Å². The first-order valence-electron chi connectivity index (χ1n) is 10.7. The summed E-state index contributed by atoms with van der Waals surface area (Å²) in [5.41, 5.74) is 1.71. The highest BCUT2D eigenvalue weighted by Gasteiger charge is 2.31. The summed E-state index contributed by atoms with van der Waals surface area (Å²) in [5, 5.41) is 9.87. The SMILES string of the molecule is CCc1nc2ccccc2c2nnc(CN3CCN(c4cccc(C(F)(F)F)c4)CC3)n12. The third-order valence-electron chi connectivity index (χ3n) is 5.97. The van der Waals surface area contributed by atoms with Gasteiger partial charge in [-0.2, -0.15) is 13.2 Å². The van der Waals surface area contributed by atoms with Gasteiger partial charge >= 0.3 is 6.18 Å². The molecule has 3 heterocycles. The Kier molecular flexibility index (Phi) is 5.21. The molecule has 1 aliphatic rings. The molecule has 0 atom stereocenters. The molecule has 2 aromatic carbocycles. The molecule has 0 saturated carbocycles. The zero-order valence-corrected chi connectivity index (χ0v) is 17.7. The number of nitrogens with zero attached hydrogens (tertiary/aromatic N) is 6. The number of aryl methyl sites for hydroxylation is 1. The molecule has 32 heavy (non-hydrogen) atoms. The van der Waals surface area contributed by atoms with Crippen molar-refractivity contribution in [3.63, 3.8) is 0 Å². The minimum atomic E-state index is -4.33. The monoisotopic (exact) mass is 440 g/mol. The van der Waals surface area contributed by atoms with Crippen LogP contribution in [-0.4, -0.2) is 50.7 Å². The summed E-state index contributed by atoms with van der Waals surface area (Å²) < 4.78 is 41.2. The quantitative estimate of drug-likeness (QED) is 0.477. The normalized spacial score (nSPS) is 15.7. The summed E-state index contributed by atoms with van der Waals surface area (Å²) >= 11 is 0. The van der Waals surface area contributed by atoms with E-state index in [0.29, 0.717) is 25.3 Å². The molecule has 0 amide bonds. The minimum absolute atomic E-state index is 0.608. The highest BCUT2D eigenvalue weighted by molar-refractivity contribution is 5.91. The van der Waals surface area contributed by atoms with Gasteiger partial charge in [-0.15, -0.1) is 10.2 Å². The fourth-order valence-electron chi connectivity index (χ4n) is 4.29. The lowest BCUT2D eigenvalue weighted by atomic mass is 10.1. The third-order valence-corrected chi connectivity index (χ3v) is 5.97. The van der Waals surface area contributed by atoms with Crippen LogP contribution in [0.3, 0.4) is 0 Å². The van der Waals surface area contributed by atoms with E-state index in [1.807, 2.05) is 33.6 Å². The average molecular weight is 440 g/mol. The topological polar surface area (TPSA) is 49.6 Å². The van der Waals surface area contributed by atoms with E-state index in [-0.39, 0.29) is 0 Å². The summed E-state index contributed by atoms with van der Waals surface area (Å²) in [6, 6.07) is 13.5. The maximum atomic E-state index is 13.0. The van der Waals surface area contributed by atoms with Crippen LogP contribution in [0.2, 0.25) is 0 Å². The molecule has 0 unspecified atom stereocenters. The van der Waals surface area contributed by atoms with Gasteiger partial charge in [0, 0.05) is 43.7 Å². The largest absolute Gasteiger partial charge is 0.416 e. The van der Waals surface area contributed by atoms with Gasteiger partial charge in [0.25, 0.3) is 0 Å². The molecule has 1 aliphatic heterocycles. The maximum Gasteiger partial charge on any atom is 0.416 e. The van der Waals surface area contributed by atoms with E-state index in [1.54, 1.807) is 6.07 Å². The molecule has 6 nitrogen and oxygen atoms in total. The van der Waals surface area contributed by atoms with E-state index in [0.717, 1.165) is 53.8 Å². The van der Waals surface area contributed by atoms with Crippen LogP contribution in [-0.2, 0) is 19.1 Å². The first-order chi connectivity index (χ1) is 15.4. The lowest BCUT2D eigenvalue weighted by molar-refractivity contribution is -0.137. The van der Waals surface area contributed by atoms with Gasteiger partial charge in [-0.05, 0) is 30.3 Å². The Hall–Kier alpha value is -3.20. The Balaban J connectivity index is 1.34. The van der Waals surface area contributed by atoms with Crippen LogP contribution in [0.5, 0.6) is 0 Å². The minimum Gasteiger partial charge on any atom is -0.369 e. The molecule has 9 heteroatoms. The molecular formula is C23H23F3N6. The van der Waals surface area contributed by atoms with Gasteiger partial charge in [-0.25, -0.2) is 4.98 Å². The van der Waals surface area contributed by atoms with Crippen LogP contribution in [0.15, 0.2) is 48.5 Å². The molecule has 0 radical (unpaired) electrons. The van der Waals surface area contributed by atoms with E-state index < -0.39 is 11.7 Å². The number of hydrogen-bond acceptors (Lipinski definition) is 5. The van der Waals surface area contributed by atoms with Crippen molar-refractivity contribution in [3.05, 3.63) is 65.7 Å². The van der Waals surface area contributed by atoms with Gasteiger partial charge < -0.3 is 4.90 Å². The van der Waals surface area contributed by atoms with Crippen LogP contribution in [0.25, 0.3) is 16.6 Å². The van der Waals surface area contributed by atoms with Gasteiger partial charge in [-0.3, -0.25) is 9.30 Å². The van der Waals surface area contributed by atoms with E-state index in [9.17, 15) is 13.2 Å². The van der Waals surface area contributed by atoms with Crippen LogP contribution < -0.4 is 4.90 Å². The van der Waals surface area contributed by atoms with Gasteiger partial charge in [0.2, 0.25) is 0 Å². The molecule has 4 aromatic rings. The van der Waals surface area contributed by atoms with Crippen LogP contribution in [0.4, 0.5) is 18.9 Å². The molecule has 0 spiro atoms. The Morgan fingerprint density at radius 3 is 2.44 bits per heavy atom. The van der Waals surface area contributed by atoms with Crippen LogP contribution >= 0.6 is 0 Å². The number of alkyl halides is 3. The van der Waals surface area contributed by atoms with Crippen LogP contribution in [0.1, 0.15) is 24.1 Å². The standard InChI is InChI=1S/C23H23F3N6/c1-2-20-27-19-9-4-3-8-18(19)22-29-28-21(32(20)22)15-30-10-12-31(13-11-30)17-7-5-6-16(14-17)23(24,25)26/h3-9,14H,2,10-13,15H2,1H3. The molecule has 1 saturated heterocycles. The first-order valence-corrected chi connectivity index (χ1v) is 10.7. The number of anilines is 1. The maximum absolute atomic E-state index is 13.0. The van der Waals surface area contributed by atoms with Gasteiger partial charge in [0.15, 0.2) is 11.5 Å². The van der Waals surface area contributed by atoms with Crippen molar-refractivity contribution < 1.29 is 13.2 Å². The molecule has 2 aromatic heterocycles. The van der Waals surface area contributed by atoms with E-state index in [1.165, 1.54) is 12.1 Å². The van der Waals surface area contributed by atoms with E-state index >= 15 is 0 Å². The predicted octanol–water partition coefficient (Wildman–Crippen LogP) is 4.18. The summed E-state index contributed by atoms with van der Waals surface area (Å²) in [7, 11) is 0. The zero-order valence-electron chi connectivity index (χ0n) is 17.7. The number of halogens is 3. The van der Waals surface area contributed by atoms with Crippen molar-refractivity contribution in [2.75, 3.05) is 31.1 Å². The Morgan fingerprint density at radius 1 is 0.906 bits per heavy atom. The summed E-state index contributed by atoms with van der Waals surface area (Å²) in [6.07, 6.45) is -3.57. The second-order valence-electron chi connectivity index (χ2n) is 7.99. The number of rotatable bonds is 4. The fourth-order valence-corrected chi connectivity index (χ4v) is 4.29. The third kappa shape index (κ3) is 3.77. The number of aromatic nitrogens is 4. The number of piperazine rings is 1. The molecular weight excluding hydrogens is 417 g/mol. The Bertz CT molecular complexity index is 1260. The highest BCUT2D eigenvalue weighted by atomic mass is 19.4. The van der Waals surface area contributed by atoms with Gasteiger partial charge in [-0.1, -0.05) is 25.1 Å². The molecule has 0 N–H and O–H groups in total. The van der Waals surface area contributed by atoms with Crippen molar-refractivity contribution >= 4 is 22.2 Å². The number of fused-ring (bicyclic) bond motifs is 3. The lowest BCUT2D eigenvalue weighted by Crippen LogP contribution is -2.46. The van der Waals surface area contributed by atoms with Gasteiger partial charge in [0.05, 0.1) is 17.6 Å². The van der Waals surface area contributed by atoms with Crippen molar-refractivity contribution in [1.29, 1.82) is 0 Å². The zero-order chi connectivity index (χ0) is 22.3. The number of hydrogen-bond donors (Lipinski definition) is 0. The molecule has 1 fully saturated rings. The van der Waals surface area contributed by atoms with E-state index in [4.69, 9.17) is 4.98 Å². The summed E-state index contributed by atoms with van der Waals surface area (Å²) in [4.78, 5) is 9.05. The predicted molar refractivity (Wildman–Crippen MR) is 117 cm³/mol. The second-order valence-corrected chi connectivity index (χ2v) is 7.99. The smallest absolute Gasteiger partial charge is 0.369 e. The number of benzene rings is 2. The van der Waals surface area contributed by atoms with Crippen molar-refractivity contribution in [1.82, 2.24) is 24.5 Å². The van der Waals surface area contributed by atoms with Crippen molar-refractivity contribution in [3.8, 4) is 0 Å². The van der Waals surface area contributed by atoms with Gasteiger partial charge in [0.1, 0.15) is 5.82 Å².